The van der Waals surface area contributed by atoms with Gasteiger partial charge in [-0.3, -0.25) is 4.90 Å². The Balaban J connectivity index is 2.01. The molecule has 1 aliphatic heterocycles. The van der Waals surface area contributed by atoms with Crippen molar-refractivity contribution in [3.63, 3.8) is 0 Å². The summed E-state index contributed by atoms with van der Waals surface area (Å²) in [4.78, 5) is 1.92. The Morgan fingerprint density at radius 2 is 1.38 bits per heavy atom. The number of aromatic nitrogens is 2. The van der Waals surface area contributed by atoms with E-state index in [0.29, 0.717) is 6.01 Å². The molecule has 21 heavy (non-hydrogen) atoms. The summed E-state index contributed by atoms with van der Waals surface area (Å²) in [6.45, 7) is 0. The Hall–Kier alpha value is -3.08. The second kappa shape index (κ2) is 4.49. The molecule has 0 bridgehead atoms. The van der Waals surface area contributed by atoms with E-state index >= 15 is 0 Å². The fourth-order valence-electron chi connectivity index (χ4n) is 2.50. The highest BCUT2D eigenvalue weighted by molar-refractivity contribution is 5.91. The van der Waals surface area contributed by atoms with Gasteiger partial charge in [0.15, 0.2) is 0 Å². The first-order valence-corrected chi connectivity index (χ1v) is 6.58. The van der Waals surface area contributed by atoms with Crippen LogP contribution < -0.4 is 10.6 Å². The van der Waals surface area contributed by atoms with Gasteiger partial charge in [0, 0.05) is 0 Å². The molecule has 2 N–H and O–H groups in total. The average molecular weight is 276 g/mol. The fourth-order valence-corrected chi connectivity index (χ4v) is 2.50. The summed E-state index contributed by atoms with van der Waals surface area (Å²) in [5, 5.41) is 7.80. The molecule has 2 heterocycles. The number of fused-ring (bicyclic) bond motifs is 2. The van der Waals surface area contributed by atoms with E-state index in [0.717, 1.165) is 22.5 Å². The highest BCUT2D eigenvalue weighted by Crippen LogP contribution is 2.40. The van der Waals surface area contributed by atoms with Gasteiger partial charge >= 0.3 is 12.0 Å². The van der Waals surface area contributed by atoms with Gasteiger partial charge in [-0.15, -0.1) is 0 Å². The predicted molar refractivity (Wildman–Crippen MR) is 82.3 cm³/mol. The van der Waals surface area contributed by atoms with Gasteiger partial charge in [0.1, 0.15) is 0 Å². The molecule has 1 aliphatic rings. The summed E-state index contributed by atoms with van der Waals surface area (Å²) in [7, 11) is 0. The smallest absolute Gasteiger partial charge is 0.328 e. The van der Waals surface area contributed by atoms with Crippen LogP contribution in [0.15, 0.2) is 52.9 Å². The topological polar surface area (TPSA) is 68.2 Å². The van der Waals surface area contributed by atoms with E-state index in [1.54, 1.807) is 0 Å². The molecule has 0 saturated carbocycles. The Bertz CT molecular complexity index is 788. The van der Waals surface area contributed by atoms with Crippen molar-refractivity contribution in [1.29, 1.82) is 0 Å². The van der Waals surface area contributed by atoms with Crippen molar-refractivity contribution in [2.24, 2.45) is 0 Å². The zero-order chi connectivity index (χ0) is 14.2. The molecule has 0 spiro atoms. The minimum atomic E-state index is 0.0529. The monoisotopic (exact) mass is 276 g/mol. The van der Waals surface area contributed by atoms with Crippen molar-refractivity contribution in [3.05, 3.63) is 59.7 Å². The number of hydrogen-bond donors (Lipinski definition) is 1. The minimum Gasteiger partial charge on any atom is -0.389 e. The largest absolute Gasteiger partial charge is 0.389 e. The lowest BCUT2D eigenvalue weighted by molar-refractivity contribution is 0.581. The van der Waals surface area contributed by atoms with Crippen LogP contribution >= 0.6 is 0 Å². The Labute approximate surface area is 121 Å². The van der Waals surface area contributed by atoms with Gasteiger partial charge in [-0.25, -0.2) is 0 Å². The van der Waals surface area contributed by atoms with Gasteiger partial charge in [-0.05, 0) is 23.3 Å². The van der Waals surface area contributed by atoms with Gasteiger partial charge in [0.25, 0.3) is 0 Å². The summed E-state index contributed by atoms with van der Waals surface area (Å²) in [5.41, 5.74) is 9.68. The third-order valence-corrected chi connectivity index (χ3v) is 3.42. The average Bonchev–Trinajstić information content (AvgIpc) is 2.86. The second-order valence-electron chi connectivity index (χ2n) is 4.71. The molecule has 0 fully saturated rings. The predicted octanol–water partition coefficient (Wildman–Crippen LogP) is 3.61. The first-order chi connectivity index (χ1) is 10.3. The molecule has 1 aromatic heterocycles. The van der Waals surface area contributed by atoms with Crippen molar-refractivity contribution in [2.75, 3.05) is 10.6 Å². The van der Waals surface area contributed by atoms with Crippen LogP contribution in [0, 0.1) is 0 Å². The molecule has 4 rings (SSSR count). The van der Waals surface area contributed by atoms with E-state index < -0.39 is 0 Å². The van der Waals surface area contributed by atoms with Crippen molar-refractivity contribution in [3.8, 4) is 0 Å². The van der Waals surface area contributed by atoms with Gasteiger partial charge in [0.05, 0.1) is 11.4 Å². The number of nitrogen functional groups attached to an aromatic ring is 1. The number of hydrogen-bond acceptors (Lipinski definition) is 5. The van der Waals surface area contributed by atoms with E-state index in [-0.39, 0.29) is 6.01 Å². The first-order valence-electron chi connectivity index (χ1n) is 6.58. The lowest BCUT2D eigenvalue weighted by Gasteiger charge is -2.22. The first kappa shape index (κ1) is 11.7. The molecule has 0 saturated heterocycles. The van der Waals surface area contributed by atoms with Crippen LogP contribution in [0.3, 0.4) is 0 Å². The van der Waals surface area contributed by atoms with Gasteiger partial charge in [0.2, 0.25) is 0 Å². The van der Waals surface area contributed by atoms with Crippen LogP contribution in [0.1, 0.15) is 11.1 Å². The number of anilines is 4. The van der Waals surface area contributed by atoms with E-state index in [1.165, 1.54) is 0 Å². The molecule has 0 radical (unpaired) electrons. The maximum Gasteiger partial charge on any atom is 0.328 e. The fraction of sp³-hybridized carbons (Fsp3) is 0. The molecule has 5 nitrogen and oxygen atoms in total. The van der Waals surface area contributed by atoms with Gasteiger partial charge in [-0.1, -0.05) is 58.7 Å². The number of benzene rings is 2. The van der Waals surface area contributed by atoms with Crippen LogP contribution in [-0.4, -0.2) is 10.2 Å². The lowest BCUT2D eigenvalue weighted by Crippen LogP contribution is -2.12. The number of nitrogens with two attached hydrogens (primary N) is 1. The van der Waals surface area contributed by atoms with Crippen LogP contribution in [0.4, 0.5) is 23.4 Å². The summed E-state index contributed by atoms with van der Waals surface area (Å²) < 4.78 is 5.45. The molecule has 5 heteroatoms. The zero-order valence-electron chi connectivity index (χ0n) is 11.1. The number of nitrogens with zero attached hydrogens (tertiary/aromatic N) is 3. The Morgan fingerprint density at radius 1 is 0.810 bits per heavy atom. The molecule has 2 aromatic carbocycles. The zero-order valence-corrected chi connectivity index (χ0v) is 11.1. The number of rotatable bonds is 1. The standard InChI is InChI=1S/C16H12N4O/c17-15-18-19-16(21-15)20-13-7-3-1-5-11(13)9-10-12-6-2-4-8-14(12)20/h1-10H,(H2,17,18). The van der Waals surface area contributed by atoms with Crippen molar-refractivity contribution < 1.29 is 4.42 Å². The molecule has 102 valence electrons. The molecule has 0 unspecified atom stereocenters. The summed E-state index contributed by atoms with van der Waals surface area (Å²) in [6, 6.07) is 16.5. The lowest BCUT2D eigenvalue weighted by atomic mass is 10.1. The molecular formula is C16H12N4O. The van der Waals surface area contributed by atoms with E-state index in [1.807, 2.05) is 53.4 Å². The molecule has 0 aliphatic carbocycles. The quantitative estimate of drug-likeness (QED) is 0.575. The maximum absolute atomic E-state index is 5.58. The van der Waals surface area contributed by atoms with E-state index in [2.05, 4.69) is 22.3 Å². The molecular weight excluding hydrogens is 264 g/mol. The molecule has 0 amide bonds. The van der Waals surface area contributed by atoms with Crippen molar-refractivity contribution in [1.82, 2.24) is 10.2 Å². The second-order valence-corrected chi connectivity index (χ2v) is 4.71. The van der Waals surface area contributed by atoms with Crippen LogP contribution in [0.25, 0.3) is 12.2 Å². The Kier molecular flexibility index (Phi) is 2.50. The third-order valence-electron chi connectivity index (χ3n) is 3.42. The normalized spacial score (nSPS) is 12.7. The molecule has 0 atom stereocenters. The van der Waals surface area contributed by atoms with Crippen LogP contribution in [0.2, 0.25) is 0 Å². The van der Waals surface area contributed by atoms with E-state index in [4.69, 9.17) is 10.2 Å². The third kappa shape index (κ3) is 1.87. The summed E-state index contributed by atoms with van der Waals surface area (Å²) in [5.74, 6) is 0. The van der Waals surface area contributed by atoms with Crippen LogP contribution in [-0.2, 0) is 0 Å². The van der Waals surface area contributed by atoms with E-state index in [9.17, 15) is 0 Å². The number of para-hydroxylation sites is 2. The van der Waals surface area contributed by atoms with Crippen molar-refractivity contribution >= 4 is 35.6 Å². The summed E-state index contributed by atoms with van der Waals surface area (Å²) >= 11 is 0. The van der Waals surface area contributed by atoms with Gasteiger partial charge < -0.3 is 10.2 Å². The highest BCUT2D eigenvalue weighted by atomic mass is 16.4. The summed E-state index contributed by atoms with van der Waals surface area (Å²) in [6.07, 6.45) is 4.15. The van der Waals surface area contributed by atoms with Crippen LogP contribution in [0.5, 0.6) is 0 Å². The maximum atomic E-state index is 5.58. The molecule has 3 aromatic rings. The SMILES string of the molecule is Nc1nnc(N2c3ccccc3C=Cc3ccccc32)o1. The van der Waals surface area contributed by atoms with Crippen molar-refractivity contribution in [2.45, 2.75) is 0 Å². The minimum absolute atomic E-state index is 0.0529. The Morgan fingerprint density at radius 3 is 1.90 bits per heavy atom. The van der Waals surface area contributed by atoms with Gasteiger partial charge in [-0.2, -0.15) is 0 Å². The highest BCUT2D eigenvalue weighted by Gasteiger charge is 2.23.